The minimum Gasteiger partial charge on any atom is -0.355 e. The molecule has 0 atom stereocenters. The molecule has 0 bridgehead atoms. The molecule has 0 aliphatic carbocycles. The Bertz CT molecular complexity index is 507. The quantitative estimate of drug-likeness (QED) is 0.895. The first kappa shape index (κ1) is 15.1. The number of carbonyl (C=O) groups is 1. The van der Waals surface area contributed by atoms with E-state index in [1.807, 2.05) is 12.1 Å². The molecule has 2 fully saturated rings. The largest absolute Gasteiger partial charge is 0.355 e. The van der Waals surface area contributed by atoms with Crippen molar-refractivity contribution in [3.63, 3.8) is 0 Å². The Kier molecular flexibility index (Phi) is 4.77. The smallest absolute Gasteiger partial charge is 0.319 e. The summed E-state index contributed by atoms with van der Waals surface area (Å²) in [7, 11) is 2.12. The van der Waals surface area contributed by atoms with Crippen LogP contribution in [0.5, 0.6) is 0 Å². The van der Waals surface area contributed by atoms with Crippen LogP contribution < -0.4 is 15.5 Å². The molecule has 6 nitrogen and oxygen atoms in total. The van der Waals surface area contributed by atoms with Crippen molar-refractivity contribution in [3.8, 4) is 0 Å². The van der Waals surface area contributed by atoms with Gasteiger partial charge in [-0.15, -0.1) is 0 Å². The van der Waals surface area contributed by atoms with Gasteiger partial charge in [-0.1, -0.05) is 0 Å². The van der Waals surface area contributed by atoms with E-state index in [9.17, 15) is 4.79 Å². The zero-order valence-electron chi connectivity index (χ0n) is 13.2. The third kappa shape index (κ3) is 3.68. The average molecular weight is 303 g/mol. The van der Waals surface area contributed by atoms with Crippen LogP contribution >= 0.6 is 0 Å². The Hall–Kier alpha value is -1.82. The number of aromatic nitrogens is 1. The fourth-order valence-electron chi connectivity index (χ4n) is 3.17. The Labute approximate surface area is 131 Å². The van der Waals surface area contributed by atoms with E-state index in [1.54, 1.807) is 6.20 Å². The lowest BCUT2D eigenvalue weighted by atomic mass is 10.1. The van der Waals surface area contributed by atoms with E-state index in [1.165, 1.54) is 12.8 Å². The Balaban J connectivity index is 1.59. The summed E-state index contributed by atoms with van der Waals surface area (Å²) in [6, 6.07) is 3.94. The number of rotatable bonds is 3. The first-order chi connectivity index (χ1) is 10.7. The van der Waals surface area contributed by atoms with Crippen molar-refractivity contribution < 1.29 is 4.79 Å². The van der Waals surface area contributed by atoms with Crippen molar-refractivity contribution in [2.24, 2.45) is 0 Å². The van der Waals surface area contributed by atoms with Crippen LogP contribution in [0.2, 0.25) is 0 Å². The van der Waals surface area contributed by atoms with Gasteiger partial charge in [0.25, 0.3) is 0 Å². The molecule has 2 amide bonds. The molecule has 22 heavy (non-hydrogen) atoms. The highest BCUT2D eigenvalue weighted by Gasteiger charge is 2.21. The van der Waals surface area contributed by atoms with E-state index in [0.717, 1.165) is 50.5 Å². The highest BCUT2D eigenvalue weighted by Crippen LogP contribution is 2.26. The Morgan fingerprint density at radius 1 is 1.23 bits per heavy atom. The molecular weight excluding hydrogens is 278 g/mol. The van der Waals surface area contributed by atoms with Crippen molar-refractivity contribution in [2.45, 2.75) is 31.7 Å². The van der Waals surface area contributed by atoms with Gasteiger partial charge in [-0.3, -0.25) is 0 Å². The number of nitrogens with zero attached hydrogens (tertiary/aromatic N) is 3. The molecule has 0 unspecified atom stereocenters. The van der Waals surface area contributed by atoms with Crippen molar-refractivity contribution in [1.29, 1.82) is 0 Å². The van der Waals surface area contributed by atoms with E-state index in [-0.39, 0.29) is 12.1 Å². The fourth-order valence-corrected chi connectivity index (χ4v) is 3.17. The number of amides is 2. The molecule has 2 aliphatic heterocycles. The summed E-state index contributed by atoms with van der Waals surface area (Å²) < 4.78 is 0. The molecule has 120 valence electrons. The van der Waals surface area contributed by atoms with Crippen LogP contribution in [0.25, 0.3) is 0 Å². The van der Waals surface area contributed by atoms with Gasteiger partial charge < -0.3 is 20.4 Å². The molecule has 0 spiro atoms. The third-order valence-electron chi connectivity index (χ3n) is 4.49. The average Bonchev–Trinajstić information content (AvgIpc) is 3.04. The number of hydrogen-bond acceptors (Lipinski definition) is 4. The van der Waals surface area contributed by atoms with Gasteiger partial charge in [0.1, 0.15) is 0 Å². The second kappa shape index (κ2) is 6.96. The molecule has 6 heteroatoms. The number of hydrogen-bond donors (Lipinski definition) is 2. The van der Waals surface area contributed by atoms with Gasteiger partial charge in [-0.25, -0.2) is 9.78 Å². The van der Waals surface area contributed by atoms with Crippen LogP contribution in [0.3, 0.4) is 0 Å². The highest BCUT2D eigenvalue weighted by molar-refractivity contribution is 5.92. The SMILES string of the molecule is CN1CCC(NC(=O)Nc2cccnc2N2CCCC2)CC1. The number of nitrogens with one attached hydrogen (secondary N) is 2. The number of likely N-dealkylation sites (tertiary alicyclic amines) is 1. The molecule has 2 saturated heterocycles. The molecule has 3 heterocycles. The maximum atomic E-state index is 12.2. The summed E-state index contributed by atoms with van der Waals surface area (Å²) in [6.45, 7) is 4.11. The zero-order valence-corrected chi connectivity index (χ0v) is 13.2. The van der Waals surface area contributed by atoms with Crippen LogP contribution in [0.1, 0.15) is 25.7 Å². The number of carbonyl (C=O) groups excluding carboxylic acids is 1. The number of pyridine rings is 1. The normalized spacial score (nSPS) is 20.1. The lowest BCUT2D eigenvalue weighted by molar-refractivity contribution is 0.221. The van der Waals surface area contributed by atoms with Crippen LogP contribution in [0.15, 0.2) is 18.3 Å². The molecule has 0 radical (unpaired) electrons. The van der Waals surface area contributed by atoms with Gasteiger partial charge >= 0.3 is 6.03 Å². The van der Waals surface area contributed by atoms with E-state index < -0.39 is 0 Å². The van der Waals surface area contributed by atoms with Gasteiger partial charge in [-0.05, 0) is 58.0 Å². The topological polar surface area (TPSA) is 60.5 Å². The summed E-state index contributed by atoms with van der Waals surface area (Å²) in [5.74, 6) is 0.888. The molecular formula is C16H25N5O. The predicted octanol–water partition coefficient (Wildman–Crippen LogP) is 1.90. The molecule has 2 N–H and O–H groups in total. The summed E-state index contributed by atoms with van der Waals surface area (Å²) in [4.78, 5) is 21.2. The van der Waals surface area contributed by atoms with Gasteiger partial charge in [0, 0.05) is 25.3 Å². The lowest BCUT2D eigenvalue weighted by Gasteiger charge is -2.29. The van der Waals surface area contributed by atoms with Crippen LogP contribution in [-0.2, 0) is 0 Å². The summed E-state index contributed by atoms with van der Waals surface area (Å²) in [5, 5.41) is 6.06. The van der Waals surface area contributed by atoms with Crippen LogP contribution in [0.4, 0.5) is 16.3 Å². The summed E-state index contributed by atoms with van der Waals surface area (Å²) in [6.07, 6.45) is 6.19. The van der Waals surface area contributed by atoms with Crippen LogP contribution in [0, 0.1) is 0 Å². The molecule has 0 aromatic carbocycles. The standard InChI is InChI=1S/C16H25N5O/c1-20-11-6-13(7-12-20)18-16(22)19-14-5-4-8-17-15(14)21-9-2-3-10-21/h4-5,8,13H,2-3,6-7,9-12H2,1H3,(H2,18,19,22). The molecule has 2 aliphatic rings. The zero-order chi connectivity index (χ0) is 15.4. The molecule has 0 saturated carbocycles. The monoisotopic (exact) mass is 303 g/mol. The highest BCUT2D eigenvalue weighted by atomic mass is 16.2. The van der Waals surface area contributed by atoms with E-state index in [4.69, 9.17) is 0 Å². The lowest BCUT2D eigenvalue weighted by Crippen LogP contribution is -2.45. The van der Waals surface area contributed by atoms with Gasteiger partial charge in [0.15, 0.2) is 5.82 Å². The van der Waals surface area contributed by atoms with Gasteiger partial charge in [-0.2, -0.15) is 0 Å². The molecule has 1 aromatic rings. The first-order valence-corrected chi connectivity index (χ1v) is 8.18. The van der Waals surface area contributed by atoms with E-state index in [0.29, 0.717) is 0 Å². The number of urea groups is 1. The Morgan fingerprint density at radius 2 is 1.95 bits per heavy atom. The van der Waals surface area contributed by atoms with Gasteiger partial charge in [0.05, 0.1) is 5.69 Å². The minimum atomic E-state index is -0.122. The van der Waals surface area contributed by atoms with Crippen molar-refractivity contribution >= 4 is 17.5 Å². The van der Waals surface area contributed by atoms with E-state index >= 15 is 0 Å². The Morgan fingerprint density at radius 3 is 2.68 bits per heavy atom. The second-order valence-corrected chi connectivity index (χ2v) is 6.24. The number of anilines is 2. The van der Waals surface area contributed by atoms with Crippen LogP contribution in [-0.4, -0.2) is 55.2 Å². The third-order valence-corrected chi connectivity index (χ3v) is 4.49. The van der Waals surface area contributed by atoms with E-state index in [2.05, 4.69) is 32.5 Å². The number of piperidine rings is 1. The van der Waals surface area contributed by atoms with Gasteiger partial charge in [0.2, 0.25) is 0 Å². The van der Waals surface area contributed by atoms with Crippen molar-refractivity contribution in [3.05, 3.63) is 18.3 Å². The summed E-state index contributed by atoms with van der Waals surface area (Å²) >= 11 is 0. The van der Waals surface area contributed by atoms with Crippen molar-refractivity contribution in [1.82, 2.24) is 15.2 Å². The first-order valence-electron chi connectivity index (χ1n) is 8.18. The molecule has 1 aromatic heterocycles. The summed E-state index contributed by atoms with van der Waals surface area (Å²) in [5.41, 5.74) is 0.801. The molecule has 3 rings (SSSR count). The maximum Gasteiger partial charge on any atom is 0.319 e. The second-order valence-electron chi connectivity index (χ2n) is 6.24. The predicted molar refractivity (Wildman–Crippen MR) is 88.4 cm³/mol. The maximum absolute atomic E-state index is 12.2. The fraction of sp³-hybridized carbons (Fsp3) is 0.625. The minimum absolute atomic E-state index is 0.122. The van der Waals surface area contributed by atoms with Crippen molar-refractivity contribution in [2.75, 3.05) is 43.4 Å².